The standard InChI is InChI=1S/C12H17BrN2O4S/c13-12-11(5-9(7-16)19-12)20(17,18)14-10-6-15-3-1-8(10)2-4-15/h5,8,10,14,16H,1-4,6-7H2. The van der Waals surface area contributed by atoms with E-state index >= 15 is 0 Å². The minimum Gasteiger partial charge on any atom is -0.450 e. The van der Waals surface area contributed by atoms with Crippen LogP contribution in [0.1, 0.15) is 18.6 Å². The van der Waals surface area contributed by atoms with Crippen molar-refractivity contribution in [3.8, 4) is 0 Å². The number of aliphatic hydroxyl groups is 1. The second-order valence-corrected chi connectivity index (χ2v) is 7.78. The van der Waals surface area contributed by atoms with Gasteiger partial charge in [0.1, 0.15) is 17.3 Å². The molecule has 3 saturated heterocycles. The van der Waals surface area contributed by atoms with Crippen LogP contribution in [0.25, 0.3) is 0 Å². The molecule has 0 spiro atoms. The molecule has 8 heteroatoms. The van der Waals surface area contributed by atoms with E-state index in [-0.39, 0.29) is 28.0 Å². The first-order valence-corrected chi connectivity index (χ1v) is 8.91. The van der Waals surface area contributed by atoms with Crippen LogP contribution >= 0.6 is 15.9 Å². The molecule has 4 heterocycles. The molecule has 1 aromatic rings. The van der Waals surface area contributed by atoms with Gasteiger partial charge in [-0.15, -0.1) is 0 Å². The smallest absolute Gasteiger partial charge is 0.245 e. The van der Waals surface area contributed by atoms with Gasteiger partial charge in [-0.1, -0.05) is 0 Å². The zero-order valence-corrected chi connectivity index (χ0v) is 13.3. The van der Waals surface area contributed by atoms with Crippen LogP contribution in [0.2, 0.25) is 0 Å². The fraction of sp³-hybridized carbons (Fsp3) is 0.667. The van der Waals surface area contributed by atoms with Crippen molar-refractivity contribution in [2.75, 3.05) is 19.6 Å². The highest BCUT2D eigenvalue weighted by Crippen LogP contribution is 2.30. The molecular weight excluding hydrogens is 348 g/mol. The first-order chi connectivity index (χ1) is 9.49. The topological polar surface area (TPSA) is 82.8 Å². The van der Waals surface area contributed by atoms with Crippen molar-refractivity contribution < 1.29 is 17.9 Å². The van der Waals surface area contributed by atoms with Crippen LogP contribution in [0.4, 0.5) is 0 Å². The van der Waals surface area contributed by atoms with Crippen LogP contribution < -0.4 is 4.72 Å². The largest absolute Gasteiger partial charge is 0.450 e. The van der Waals surface area contributed by atoms with Crippen LogP contribution in [0.3, 0.4) is 0 Å². The zero-order chi connectivity index (χ0) is 14.3. The number of sulfonamides is 1. The fourth-order valence-electron chi connectivity index (χ4n) is 3.02. The van der Waals surface area contributed by atoms with E-state index in [1.54, 1.807) is 0 Å². The summed E-state index contributed by atoms with van der Waals surface area (Å²) in [5.41, 5.74) is 0. The molecule has 4 rings (SSSR count). The molecule has 3 aliphatic rings. The molecule has 0 saturated carbocycles. The van der Waals surface area contributed by atoms with E-state index in [0.717, 1.165) is 32.5 Å². The number of halogens is 1. The summed E-state index contributed by atoms with van der Waals surface area (Å²) in [6.45, 7) is 2.57. The Balaban J connectivity index is 1.80. The maximum atomic E-state index is 12.4. The molecule has 1 aromatic heterocycles. The zero-order valence-electron chi connectivity index (χ0n) is 10.9. The van der Waals surface area contributed by atoms with E-state index in [9.17, 15) is 8.42 Å². The Labute approximate surface area is 126 Å². The lowest BCUT2D eigenvalue weighted by molar-refractivity contribution is 0.0827. The van der Waals surface area contributed by atoms with Crippen LogP contribution in [-0.2, 0) is 16.6 Å². The first kappa shape index (κ1) is 14.5. The van der Waals surface area contributed by atoms with E-state index in [2.05, 4.69) is 25.6 Å². The number of nitrogens with one attached hydrogen (secondary N) is 1. The Hall–Kier alpha value is -0.410. The monoisotopic (exact) mass is 364 g/mol. The summed E-state index contributed by atoms with van der Waals surface area (Å²) in [5.74, 6) is 0.643. The lowest BCUT2D eigenvalue weighted by Crippen LogP contribution is -2.57. The van der Waals surface area contributed by atoms with Gasteiger partial charge in [0.15, 0.2) is 4.67 Å². The number of hydrogen-bond donors (Lipinski definition) is 2. The van der Waals surface area contributed by atoms with Gasteiger partial charge in [-0.25, -0.2) is 13.1 Å². The molecule has 2 N–H and O–H groups in total. The quantitative estimate of drug-likeness (QED) is 0.829. The summed E-state index contributed by atoms with van der Waals surface area (Å²) in [5, 5.41) is 9.01. The third-order valence-electron chi connectivity index (χ3n) is 4.11. The lowest BCUT2D eigenvalue weighted by atomic mass is 9.85. The summed E-state index contributed by atoms with van der Waals surface area (Å²) in [6, 6.07) is 1.32. The van der Waals surface area contributed by atoms with Gasteiger partial charge in [-0.05, 0) is 47.8 Å². The summed E-state index contributed by atoms with van der Waals surface area (Å²) in [7, 11) is -3.63. The maximum Gasteiger partial charge on any atom is 0.245 e. The summed E-state index contributed by atoms with van der Waals surface area (Å²) in [6.07, 6.45) is 2.09. The molecular formula is C12H17BrN2O4S. The van der Waals surface area contributed by atoms with Crippen LogP contribution in [0, 0.1) is 5.92 Å². The number of rotatable bonds is 4. The molecule has 0 amide bonds. The highest BCUT2D eigenvalue weighted by atomic mass is 79.9. The molecule has 6 nitrogen and oxygen atoms in total. The average Bonchev–Trinajstić information content (AvgIpc) is 2.82. The number of furan rings is 1. The number of fused-ring (bicyclic) bond motifs is 3. The highest BCUT2D eigenvalue weighted by Gasteiger charge is 2.37. The molecule has 0 aromatic carbocycles. The summed E-state index contributed by atoms with van der Waals surface area (Å²) >= 11 is 3.09. The maximum absolute atomic E-state index is 12.4. The second kappa shape index (κ2) is 5.42. The molecule has 3 fully saturated rings. The third-order valence-corrected chi connectivity index (χ3v) is 6.46. The van der Waals surface area contributed by atoms with Gasteiger partial charge >= 0.3 is 0 Å². The molecule has 0 aliphatic carbocycles. The van der Waals surface area contributed by atoms with E-state index < -0.39 is 10.0 Å². The van der Waals surface area contributed by atoms with Gasteiger partial charge < -0.3 is 14.4 Å². The predicted octanol–water partition coefficient (Wildman–Crippen LogP) is 0.907. The molecule has 1 unspecified atom stereocenters. The number of piperidine rings is 3. The second-order valence-electron chi connectivity index (χ2n) is 5.37. The summed E-state index contributed by atoms with van der Waals surface area (Å²) < 4.78 is 32.9. The molecule has 20 heavy (non-hydrogen) atoms. The molecule has 2 bridgehead atoms. The van der Waals surface area contributed by atoms with Crippen molar-refractivity contribution in [3.05, 3.63) is 16.5 Å². The third kappa shape index (κ3) is 2.67. The Morgan fingerprint density at radius 2 is 2.15 bits per heavy atom. The van der Waals surface area contributed by atoms with E-state index in [0.29, 0.717) is 5.92 Å². The fourth-order valence-corrected chi connectivity index (χ4v) is 5.31. The SMILES string of the molecule is O=S(=O)(NC1CN2CCC1CC2)c1cc(CO)oc1Br. The number of aliphatic hydroxyl groups excluding tert-OH is 1. The van der Waals surface area contributed by atoms with Gasteiger partial charge in [-0.3, -0.25) is 0 Å². The Bertz CT molecular complexity index is 593. The first-order valence-electron chi connectivity index (χ1n) is 6.63. The highest BCUT2D eigenvalue weighted by molar-refractivity contribution is 9.10. The summed E-state index contributed by atoms with van der Waals surface area (Å²) in [4.78, 5) is 2.34. The Kier molecular flexibility index (Phi) is 3.93. The molecule has 0 radical (unpaired) electrons. The lowest BCUT2D eigenvalue weighted by Gasteiger charge is -2.44. The average molecular weight is 365 g/mol. The van der Waals surface area contributed by atoms with Gasteiger partial charge in [-0.2, -0.15) is 0 Å². The number of hydrogen-bond acceptors (Lipinski definition) is 5. The van der Waals surface area contributed by atoms with E-state index in [4.69, 9.17) is 9.52 Å². The van der Waals surface area contributed by atoms with Gasteiger partial charge in [0.05, 0.1) is 0 Å². The Morgan fingerprint density at radius 3 is 2.65 bits per heavy atom. The normalized spacial score (nSPS) is 29.8. The van der Waals surface area contributed by atoms with Gasteiger partial charge in [0.2, 0.25) is 10.0 Å². The van der Waals surface area contributed by atoms with Crippen LogP contribution in [0.15, 0.2) is 20.0 Å². The molecule has 3 aliphatic heterocycles. The number of nitrogens with zero attached hydrogens (tertiary/aromatic N) is 1. The van der Waals surface area contributed by atoms with Crippen molar-refractivity contribution in [1.29, 1.82) is 0 Å². The molecule has 112 valence electrons. The van der Waals surface area contributed by atoms with Gasteiger partial charge in [0.25, 0.3) is 0 Å². The van der Waals surface area contributed by atoms with Crippen LogP contribution in [-0.4, -0.2) is 44.1 Å². The minimum atomic E-state index is -3.63. The van der Waals surface area contributed by atoms with E-state index in [1.165, 1.54) is 6.07 Å². The van der Waals surface area contributed by atoms with Gasteiger partial charge in [0, 0.05) is 18.7 Å². The van der Waals surface area contributed by atoms with Crippen molar-refractivity contribution in [1.82, 2.24) is 9.62 Å². The Morgan fingerprint density at radius 1 is 1.45 bits per heavy atom. The van der Waals surface area contributed by atoms with Crippen molar-refractivity contribution >= 4 is 26.0 Å². The van der Waals surface area contributed by atoms with E-state index in [1.807, 2.05) is 0 Å². The van der Waals surface area contributed by atoms with Crippen LogP contribution in [0.5, 0.6) is 0 Å². The van der Waals surface area contributed by atoms with Crippen molar-refractivity contribution in [3.63, 3.8) is 0 Å². The predicted molar refractivity (Wildman–Crippen MR) is 75.6 cm³/mol. The molecule has 1 atom stereocenters. The minimum absolute atomic E-state index is 0.0399. The van der Waals surface area contributed by atoms with Crippen molar-refractivity contribution in [2.24, 2.45) is 5.92 Å². The van der Waals surface area contributed by atoms with Crippen molar-refractivity contribution in [2.45, 2.75) is 30.4 Å².